The number of urea groups is 1. The minimum absolute atomic E-state index is 0.348. The zero-order valence-electron chi connectivity index (χ0n) is 10.1. The summed E-state index contributed by atoms with van der Waals surface area (Å²) in [5.41, 5.74) is 1.85. The molecule has 0 heterocycles. The second-order valence-corrected chi connectivity index (χ2v) is 4.02. The highest BCUT2D eigenvalue weighted by Crippen LogP contribution is 2.16. The van der Waals surface area contributed by atoms with E-state index in [9.17, 15) is 18.0 Å². The Kier molecular flexibility index (Phi) is 4.58. The van der Waals surface area contributed by atoms with E-state index in [1.165, 1.54) is 0 Å². The normalized spacial score (nSPS) is 12.9. The standard InChI is InChI=1S/C12H15F3N2O/c1-8-5-3-4-6-10(8)9(2)17-11(18)16-7-12(13,14)15/h3-6,9H,7H2,1-2H3,(H2,16,17,18). The van der Waals surface area contributed by atoms with Crippen LogP contribution in [0.3, 0.4) is 0 Å². The van der Waals surface area contributed by atoms with Crippen molar-refractivity contribution < 1.29 is 18.0 Å². The van der Waals surface area contributed by atoms with E-state index in [2.05, 4.69) is 5.32 Å². The highest BCUT2D eigenvalue weighted by atomic mass is 19.4. The van der Waals surface area contributed by atoms with Crippen molar-refractivity contribution in [3.8, 4) is 0 Å². The molecule has 0 aliphatic carbocycles. The van der Waals surface area contributed by atoms with E-state index in [-0.39, 0.29) is 6.04 Å². The van der Waals surface area contributed by atoms with Crippen molar-refractivity contribution in [1.29, 1.82) is 0 Å². The van der Waals surface area contributed by atoms with E-state index in [4.69, 9.17) is 0 Å². The van der Waals surface area contributed by atoms with Gasteiger partial charge in [-0.15, -0.1) is 0 Å². The van der Waals surface area contributed by atoms with E-state index in [0.29, 0.717) is 0 Å². The van der Waals surface area contributed by atoms with Crippen LogP contribution in [0.25, 0.3) is 0 Å². The smallest absolute Gasteiger partial charge is 0.332 e. The summed E-state index contributed by atoms with van der Waals surface area (Å²) in [6.45, 7) is 2.26. The third-order valence-corrected chi connectivity index (χ3v) is 2.45. The molecular weight excluding hydrogens is 245 g/mol. The molecule has 1 aromatic rings. The van der Waals surface area contributed by atoms with Crippen LogP contribution in [0, 0.1) is 6.92 Å². The topological polar surface area (TPSA) is 41.1 Å². The first-order valence-corrected chi connectivity index (χ1v) is 5.46. The molecule has 18 heavy (non-hydrogen) atoms. The maximum atomic E-state index is 11.9. The van der Waals surface area contributed by atoms with E-state index in [0.717, 1.165) is 11.1 Å². The largest absolute Gasteiger partial charge is 0.405 e. The number of carbonyl (C=O) groups excluding carboxylic acids is 1. The predicted octanol–water partition coefficient (Wildman–Crippen LogP) is 2.92. The Morgan fingerprint density at radius 2 is 1.94 bits per heavy atom. The van der Waals surface area contributed by atoms with E-state index in [1.54, 1.807) is 12.2 Å². The van der Waals surface area contributed by atoms with Gasteiger partial charge in [-0.2, -0.15) is 13.2 Å². The molecule has 100 valence electrons. The fraction of sp³-hybridized carbons (Fsp3) is 0.417. The van der Waals surface area contributed by atoms with Gasteiger partial charge in [0.2, 0.25) is 0 Å². The molecule has 0 aliphatic heterocycles. The predicted molar refractivity (Wildman–Crippen MR) is 62.2 cm³/mol. The molecule has 0 saturated heterocycles. The van der Waals surface area contributed by atoms with Crippen LogP contribution in [0.4, 0.5) is 18.0 Å². The Morgan fingerprint density at radius 3 is 2.50 bits per heavy atom. The van der Waals surface area contributed by atoms with Gasteiger partial charge >= 0.3 is 12.2 Å². The molecule has 1 unspecified atom stereocenters. The summed E-state index contributed by atoms with van der Waals surface area (Å²) < 4.78 is 35.7. The molecular formula is C12H15F3N2O. The summed E-state index contributed by atoms with van der Waals surface area (Å²) in [6.07, 6.45) is -4.40. The number of aryl methyl sites for hydroxylation is 1. The molecule has 0 spiro atoms. The summed E-state index contributed by atoms with van der Waals surface area (Å²) in [5.74, 6) is 0. The highest BCUT2D eigenvalue weighted by molar-refractivity contribution is 5.74. The van der Waals surface area contributed by atoms with Crippen molar-refractivity contribution >= 4 is 6.03 Å². The van der Waals surface area contributed by atoms with Crippen molar-refractivity contribution in [1.82, 2.24) is 10.6 Å². The van der Waals surface area contributed by atoms with E-state index in [1.807, 2.05) is 31.2 Å². The van der Waals surface area contributed by atoms with Crippen LogP contribution in [-0.2, 0) is 0 Å². The van der Waals surface area contributed by atoms with Crippen LogP contribution >= 0.6 is 0 Å². The van der Waals surface area contributed by atoms with Crippen LogP contribution in [0.2, 0.25) is 0 Å². The zero-order valence-corrected chi connectivity index (χ0v) is 10.1. The molecule has 2 N–H and O–H groups in total. The first-order chi connectivity index (χ1) is 8.29. The number of benzene rings is 1. The lowest BCUT2D eigenvalue weighted by molar-refractivity contribution is -0.122. The van der Waals surface area contributed by atoms with Gasteiger partial charge in [0.1, 0.15) is 6.54 Å². The average Bonchev–Trinajstić information content (AvgIpc) is 2.26. The summed E-state index contributed by atoms with van der Waals surface area (Å²) in [5, 5.41) is 4.23. The Labute approximate surface area is 103 Å². The van der Waals surface area contributed by atoms with Crippen LogP contribution in [-0.4, -0.2) is 18.8 Å². The van der Waals surface area contributed by atoms with Crippen LogP contribution in [0.5, 0.6) is 0 Å². The van der Waals surface area contributed by atoms with Crippen LogP contribution in [0.1, 0.15) is 24.1 Å². The number of rotatable bonds is 3. The number of carbonyl (C=O) groups is 1. The lowest BCUT2D eigenvalue weighted by atomic mass is 10.0. The second kappa shape index (κ2) is 5.75. The van der Waals surface area contributed by atoms with E-state index >= 15 is 0 Å². The van der Waals surface area contributed by atoms with Crippen molar-refractivity contribution in [2.75, 3.05) is 6.54 Å². The van der Waals surface area contributed by atoms with Crippen molar-refractivity contribution in [2.24, 2.45) is 0 Å². The van der Waals surface area contributed by atoms with Crippen molar-refractivity contribution in [3.63, 3.8) is 0 Å². The molecule has 0 aliphatic rings. The molecule has 0 aromatic heterocycles. The minimum atomic E-state index is -4.40. The van der Waals surface area contributed by atoms with Gasteiger partial charge in [0.05, 0.1) is 6.04 Å². The van der Waals surface area contributed by atoms with Gasteiger partial charge in [-0.05, 0) is 25.0 Å². The van der Waals surface area contributed by atoms with Gasteiger partial charge in [0, 0.05) is 0 Å². The minimum Gasteiger partial charge on any atom is -0.332 e. The van der Waals surface area contributed by atoms with Crippen LogP contribution in [0.15, 0.2) is 24.3 Å². The Bertz CT molecular complexity index is 418. The summed E-state index contributed by atoms with van der Waals surface area (Å²) in [6, 6.07) is 6.19. The lowest BCUT2D eigenvalue weighted by Crippen LogP contribution is -2.41. The molecule has 6 heteroatoms. The number of nitrogens with one attached hydrogen (secondary N) is 2. The van der Waals surface area contributed by atoms with Gasteiger partial charge in [-0.25, -0.2) is 4.79 Å². The Morgan fingerprint density at radius 1 is 1.33 bits per heavy atom. The monoisotopic (exact) mass is 260 g/mol. The third-order valence-electron chi connectivity index (χ3n) is 2.45. The van der Waals surface area contributed by atoms with Gasteiger partial charge in [-0.1, -0.05) is 24.3 Å². The van der Waals surface area contributed by atoms with Gasteiger partial charge in [0.25, 0.3) is 0 Å². The van der Waals surface area contributed by atoms with Gasteiger partial charge in [-0.3, -0.25) is 0 Å². The zero-order chi connectivity index (χ0) is 13.8. The fourth-order valence-corrected chi connectivity index (χ4v) is 1.58. The average molecular weight is 260 g/mol. The van der Waals surface area contributed by atoms with E-state index < -0.39 is 18.8 Å². The second-order valence-electron chi connectivity index (χ2n) is 4.02. The number of alkyl halides is 3. The summed E-state index contributed by atoms with van der Waals surface area (Å²) in [4.78, 5) is 11.3. The molecule has 1 rings (SSSR count). The molecule has 3 nitrogen and oxygen atoms in total. The summed E-state index contributed by atoms with van der Waals surface area (Å²) in [7, 11) is 0. The third kappa shape index (κ3) is 4.65. The van der Waals surface area contributed by atoms with Gasteiger partial charge in [0.15, 0.2) is 0 Å². The first kappa shape index (κ1) is 14.3. The molecule has 0 saturated carbocycles. The Hall–Kier alpha value is -1.72. The van der Waals surface area contributed by atoms with Crippen LogP contribution < -0.4 is 10.6 Å². The van der Waals surface area contributed by atoms with Gasteiger partial charge < -0.3 is 10.6 Å². The highest BCUT2D eigenvalue weighted by Gasteiger charge is 2.27. The number of hydrogen-bond donors (Lipinski definition) is 2. The maximum Gasteiger partial charge on any atom is 0.405 e. The molecule has 0 bridgehead atoms. The fourth-order valence-electron chi connectivity index (χ4n) is 1.58. The maximum absolute atomic E-state index is 11.9. The van der Waals surface area contributed by atoms with Crippen molar-refractivity contribution in [2.45, 2.75) is 26.1 Å². The SMILES string of the molecule is Cc1ccccc1C(C)NC(=O)NCC(F)(F)F. The number of amides is 2. The number of halogens is 3. The number of hydrogen-bond acceptors (Lipinski definition) is 1. The first-order valence-electron chi connectivity index (χ1n) is 5.46. The summed E-state index contributed by atoms with van der Waals surface area (Å²) >= 11 is 0. The quantitative estimate of drug-likeness (QED) is 0.862. The lowest BCUT2D eigenvalue weighted by Gasteiger charge is -2.17. The van der Waals surface area contributed by atoms with Crippen molar-refractivity contribution in [3.05, 3.63) is 35.4 Å². The molecule has 2 amide bonds. The Balaban J connectivity index is 2.53. The molecule has 1 atom stereocenters. The molecule has 1 aromatic carbocycles. The molecule has 0 radical (unpaired) electrons. The molecule has 0 fully saturated rings.